The minimum atomic E-state index is 0.342. The molecule has 0 fully saturated rings. The fourth-order valence-corrected chi connectivity index (χ4v) is 2.75. The van der Waals surface area contributed by atoms with Gasteiger partial charge in [-0.2, -0.15) is 5.26 Å². The summed E-state index contributed by atoms with van der Waals surface area (Å²) in [5.41, 5.74) is 11.9. The van der Waals surface area contributed by atoms with E-state index in [1.807, 2.05) is 12.1 Å². The van der Waals surface area contributed by atoms with Crippen LogP contribution in [0.3, 0.4) is 0 Å². The maximum absolute atomic E-state index is 9.50. The van der Waals surface area contributed by atoms with Gasteiger partial charge in [-0.05, 0) is 30.9 Å². The number of nitrogen functional groups attached to an aromatic ring is 1. The van der Waals surface area contributed by atoms with Gasteiger partial charge in [0.25, 0.3) is 0 Å². The van der Waals surface area contributed by atoms with E-state index in [0.717, 1.165) is 41.6 Å². The minimum absolute atomic E-state index is 0.342. The van der Waals surface area contributed by atoms with Gasteiger partial charge >= 0.3 is 0 Å². The molecule has 21 heavy (non-hydrogen) atoms. The highest BCUT2D eigenvalue weighted by atomic mass is 14.9. The van der Waals surface area contributed by atoms with Crippen LogP contribution in [0.15, 0.2) is 24.3 Å². The van der Waals surface area contributed by atoms with Gasteiger partial charge in [0.2, 0.25) is 0 Å². The second kappa shape index (κ2) is 6.41. The Balaban J connectivity index is 2.80. The molecule has 1 heterocycles. The van der Waals surface area contributed by atoms with Crippen LogP contribution in [0.1, 0.15) is 42.7 Å². The average molecular weight is 279 g/mol. The van der Waals surface area contributed by atoms with E-state index in [0.29, 0.717) is 11.4 Å². The van der Waals surface area contributed by atoms with Gasteiger partial charge in [0, 0.05) is 11.3 Å². The molecule has 2 N–H and O–H groups in total. The van der Waals surface area contributed by atoms with Crippen LogP contribution in [0.25, 0.3) is 11.1 Å². The molecule has 0 atom stereocenters. The molecular formula is C18H21N3. The lowest BCUT2D eigenvalue weighted by molar-refractivity contribution is 0.860. The van der Waals surface area contributed by atoms with Crippen LogP contribution in [0.5, 0.6) is 0 Å². The van der Waals surface area contributed by atoms with Crippen molar-refractivity contribution < 1.29 is 0 Å². The van der Waals surface area contributed by atoms with Gasteiger partial charge in [0.15, 0.2) is 0 Å². The first kappa shape index (κ1) is 15.1. The Bertz CT molecular complexity index is 696. The number of hydrogen-bond acceptors (Lipinski definition) is 3. The molecule has 0 unspecified atom stereocenters. The summed E-state index contributed by atoms with van der Waals surface area (Å²) in [4.78, 5) is 4.47. The Morgan fingerprint density at radius 1 is 1.29 bits per heavy atom. The molecule has 0 aliphatic heterocycles. The van der Waals surface area contributed by atoms with E-state index in [1.165, 1.54) is 5.56 Å². The van der Waals surface area contributed by atoms with E-state index in [1.54, 1.807) is 0 Å². The number of pyridine rings is 1. The van der Waals surface area contributed by atoms with Gasteiger partial charge in [0.1, 0.15) is 17.5 Å². The normalized spacial score (nSPS) is 10.4. The molecule has 0 radical (unpaired) electrons. The summed E-state index contributed by atoms with van der Waals surface area (Å²) in [6, 6.07) is 10.4. The molecule has 0 aliphatic carbocycles. The SMILES string of the molecule is CCCc1nc(N)c(C#N)c(-c2cccc(C)c2)c1CC. The van der Waals surface area contributed by atoms with Crippen LogP contribution in [0.4, 0.5) is 5.82 Å². The van der Waals surface area contributed by atoms with Crippen molar-refractivity contribution in [3.8, 4) is 17.2 Å². The zero-order valence-corrected chi connectivity index (χ0v) is 12.9. The number of rotatable bonds is 4. The van der Waals surface area contributed by atoms with Crippen LogP contribution >= 0.6 is 0 Å². The van der Waals surface area contributed by atoms with Gasteiger partial charge in [-0.1, -0.05) is 50.1 Å². The van der Waals surface area contributed by atoms with Crippen LogP contribution in [-0.4, -0.2) is 4.98 Å². The molecule has 3 nitrogen and oxygen atoms in total. The van der Waals surface area contributed by atoms with Crippen LogP contribution in [-0.2, 0) is 12.8 Å². The van der Waals surface area contributed by atoms with Crippen molar-refractivity contribution in [1.29, 1.82) is 5.26 Å². The van der Waals surface area contributed by atoms with Crippen molar-refractivity contribution in [2.24, 2.45) is 0 Å². The van der Waals surface area contributed by atoms with E-state index in [9.17, 15) is 5.26 Å². The Morgan fingerprint density at radius 3 is 2.62 bits per heavy atom. The lowest BCUT2D eigenvalue weighted by Gasteiger charge is -2.16. The number of nitrogens with zero attached hydrogens (tertiary/aromatic N) is 2. The van der Waals surface area contributed by atoms with E-state index in [-0.39, 0.29) is 0 Å². The van der Waals surface area contributed by atoms with Crippen molar-refractivity contribution in [2.75, 3.05) is 5.73 Å². The number of nitriles is 1. The molecule has 0 saturated carbocycles. The molecule has 1 aromatic heterocycles. The topological polar surface area (TPSA) is 62.7 Å². The van der Waals surface area contributed by atoms with Gasteiger partial charge in [0.05, 0.1) is 0 Å². The van der Waals surface area contributed by atoms with Gasteiger partial charge in [-0.25, -0.2) is 4.98 Å². The Kier molecular flexibility index (Phi) is 4.59. The zero-order chi connectivity index (χ0) is 15.4. The van der Waals surface area contributed by atoms with E-state index < -0.39 is 0 Å². The van der Waals surface area contributed by atoms with Gasteiger partial charge < -0.3 is 5.73 Å². The molecule has 2 aromatic rings. The highest BCUT2D eigenvalue weighted by Gasteiger charge is 2.18. The second-order valence-electron chi connectivity index (χ2n) is 5.26. The number of aryl methyl sites for hydroxylation is 2. The molecule has 108 valence electrons. The number of benzene rings is 1. The second-order valence-corrected chi connectivity index (χ2v) is 5.26. The molecule has 0 bridgehead atoms. The quantitative estimate of drug-likeness (QED) is 0.919. The summed E-state index contributed by atoms with van der Waals surface area (Å²) in [5.74, 6) is 0.342. The van der Waals surface area contributed by atoms with Crippen LogP contribution < -0.4 is 5.73 Å². The van der Waals surface area contributed by atoms with Crippen LogP contribution in [0, 0.1) is 18.3 Å². The third kappa shape index (κ3) is 2.90. The summed E-state index contributed by atoms with van der Waals surface area (Å²) >= 11 is 0. The molecular weight excluding hydrogens is 258 g/mol. The number of hydrogen-bond donors (Lipinski definition) is 1. The molecule has 0 aliphatic rings. The lowest BCUT2D eigenvalue weighted by atomic mass is 9.91. The third-order valence-corrected chi connectivity index (χ3v) is 3.67. The van der Waals surface area contributed by atoms with Crippen molar-refractivity contribution in [3.05, 3.63) is 46.6 Å². The summed E-state index contributed by atoms with van der Waals surface area (Å²) in [6.07, 6.45) is 2.75. The van der Waals surface area contributed by atoms with Crippen LogP contribution in [0.2, 0.25) is 0 Å². The lowest BCUT2D eigenvalue weighted by Crippen LogP contribution is -2.07. The summed E-state index contributed by atoms with van der Waals surface area (Å²) in [7, 11) is 0. The molecule has 0 saturated heterocycles. The van der Waals surface area contributed by atoms with E-state index in [2.05, 4.69) is 44.0 Å². The molecule has 1 aromatic carbocycles. The highest BCUT2D eigenvalue weighted by Crippen LogP contribution is 2.33. The largest absolute Gasteiger partial charge is 0.383 e. The van der Waals surface area contributed by atoms with Gasteiger partial charge in [-0.3, -0.25) is 0 Å². The fraction of sp³-hybridized carbons (Fsp3) is 0.333. The zero-order valence-electron chi connectivity index (χ0n) is 12.9. The van der Waals surface area contributed by atoms with Crippen molar-refractivity contribution in [2.45, 2.75) is 40.0 Å². The van der Waals surface area contributed by atoms with Crippen molar-refractivity contribution >= 4 is 5.82 Å². The van der Waals surface area contributed by atoms with Gasteiger partial charge in [-0.15, -0.1) is 0 Å². The molecule has 3 heteroatoms. The Labute approximate surface area is 126 Å². The average Bonchev–Trinajstić information content (AvgIpc) is 2.47. The Morgan fingerprint density at radius 2 is 2.05 bits per heavy atom. The predicted molar refractivity (Wildman–Crippen MR) is 86.9 cm³/mol. The summed E-state index contributed by atoms with van der Waals surface area (Å²) in [5, 5.41) is 9.50. The minimum Gasteiger partial charge on any atom is -0.383 e. The first-order valence-electron chi connectivity index (χ1n) is 7.40. The monoisotopic (exact) mass is 279 g/mol. The predicted octanol–water partition coefficient (Wildman–Crippen LogP) is 4.03. The maximum Gasteiger partial charge on any atom is 0.142 e. The van der Waals surface area contributed by atoms with Crippen molar-refractivity contribution in [3.63, 3.8) is 0 Å². The first-order valence-corrected chi connectivity index (χ1v) is 7.40. The molecule has 0 spiro atoms. The number of anilines is 1. The smallest absolute Gasteiger partial charge is 0.142 e. The number of nitrogens with two attached hydrogens (primary N) is 1. The number of aromatic nitrogens is 1. The van der Waals surface area contributed by atoms with E-state index in [4.69, 9.17) is 5.73 Å². The molecule has 0 amide bonds. The molecule has 2 rings (SSSR count). The Hall–Kier alpha value is -2.34. The third-order valence-electron chi connectivity index (χ3n) is 3.67. The first-order chi connectivity index (χ1) is 10.1. The van der Waals surface area contributed by atoms with E-state index >= 15 is 0 Å². The highest BCUT2D eigenvalue weighted by molar-refractivity contribution is 5.79. The standard InChI is InChI=1S/C18H21N3/c1-4-7-16-14(5-2)17(15(11-19)18(20)21-16)13-9-6-8-12(3)10-13/h6,8-10H,4-5,7H2,1-3H3,(H2,20,21). The summed E-state index contributed by atoms with van der Waals surface area (Å²) < 4.78 is 0. The summed E-state index contributed by atoms with van der Waals surface area (Å²) in [6.45, 7) is 6.29. The maximum atomic E-state index is 9.50. The fourth-order valence-electron chi connectivity index (χ4n) is 2.75. The van der Waals surface area contributed by atoms with Crippen molar-refractivity contribution in [1.82, 2.24) is 4.98 Å².